The molecule has 2 aromatic rings. The normalized spacial score (nSPS) is 21.9. The highest BCUT2D eigenvalue weighted by molar-refractivity contribution is 5.79. The van der Waals surface area contributed by atoms with Gasteiger partial charge in [0.25, 0.3) is 0 Å². The Hall–Kier alpha value is -2.02. The summed E-state index contributed by atoms with van der Waals surface area (Å²) in [5.74, 6) is 0.519. The Kier molecular flexibility index (Phi) is 5.97. The van der Waals surface area contributed by atoms with Crippen molar-refractivity contribution in [1.82, 2.24) is 14.8 Å². The van der Waals surface area contributed by atoms with E-state index in [4.69, 9.17) is 9.47 Å². The van der Waals surface area contributed by atoms with Crippen LogP contribution in [0.3, 0.4) is 0 Å². The molecule has 1 amide bonds. The number of nitrogens with zero attached hydrogens (tertiary/aromatic N) is 3. The third-order valence-electron chi connectivity index (χ3n) is 5.34. The maximum Gasteiger partial charge on any atom is 0.236 e. The zero-order valence-corrected chi connectivity index (χ0v) is 15.7. The molecule has 2 aliphatic heterocycles. The zero-order chi connectivity index (χ0) is 18.5. The summed E-state index contributed by atoms with van der Waals surface area (Å²) in [7, 11) is 0. The molecular weight excluding hydrogens is 342 g/mol. The van der Waals surface area contributed by atoms with E-state index in [0.29, 0.717) is 32.2 Å². The van der Waals surface area contributed by atoms with Gasteiger partial charge >= 0.3 is 0 Å². The molecule has 1 aromatic heterocycles. The molecule has 6 heteroatoms. The second kappa shape index (κ2) is 8.78. The minimum Gasteiger partial charge on any atom is -0.379 e. The molecule has 0 bridgehead atoms. The Balaban J connectivity index is 1.39. The van der Waals surface area contributed by atoms with Gasteiger partial charge in [0, 0.05) is 43.7 Å². The van der Waals surface area contributed by atoms with Crippen LogP contribution in [-0.4, -0.2) is 79.8 Å². The van der Waals surface area contributed by atoms with Gasteiger partial charge in [-0.3, -0.25) is 14.7 Å². The van der Waals surface area contributed by atoms with Crippen LogP contribution < -0.4 is 0 Å². The Morgan fingerprint density at radius 3 is 2.85 bits per heavy atom. The highest BCUT2D eigenvalue weighted by atomic mass is 16.5. The second-order valence-corrected chi connectivity index (χ2v) is 7.40. The molecule has 0 N–H and O–H groups in total. The zero-order valence-electron chi connectivity index (χ0n) is 15.7. The van der Waals surface area contributed by atoms with Gasteiger partial charge in [-0.25, -0.2) is 0 Å². The molecule has 0 saturated carbocycles. The van der Waals surface area contributed by atoms with E-state index in [1.54, 1.807) is 0 Å². The number of pyridine rings is 1. The Morgan fingerprint density at radius 2 is 1.96 bits per heavy atom. The molecule has 0 spiro atoms. The number of carbonyl (C=O) groups excluding carboxylic acids is 1. The number of hydrogen-bond acceptors (Lipinski definition) is 5. The van der Waals surface area contributed by atoms with Crippen molar-refractivity contribution in [1.29, 1.82) is 0 Å². The summed E-state index contributed by atoms with van der Waals surface area (Å²) in [5, 5.41) is 1.16. The lowest BCUT2D eigenvalue weighted by Gasteiger charge is -2.30. The maximum absolute atomic E-state index is 12.8. The third kappa shape index (κ3) is 4.83. The summed E-state index contributed by atoms with van der Waals surface area (Å²) in [6.07, 6.45) is 2.73. The summed E-state index contributed by atoms with van der Waals surface area (Å²) < 4.78 is 11.2. The van der Waals surface area contributed by atoms with Crippen molar-refractivity contribution < 1.29 is 14.3 Å². The van der Waals surface area contributed by atoms with Crippen LogP contribution in [0.25, 0.3) is 10.9 Å². The van der Waals surface area contributed by atoms with Gasteiger partial charge in [-0.15, -0.1) is 0 Å². The average Bonchev–Trinajstić information content (AvgIpc) is 2.94. The molecule has 2 saturated heterocycles. The Bertz CT molecular complexity index is 776. The first-order chi connectivity index (χ1) is 13.3. The van der Waals surface area contributed by atoms with E-state index >= 15 is 0 Å². The number of ether oxygens (including phenoxy) is 2. The summed E-state index contributed by atoms with van der Waals surface area (Å²) in [6.45, 7) is 6.35. The van der Waals surface area contributed by atoms with Crippen molar-refractivity contribution >= 4 is 16.8 Å². The van der Waals surface area contributed by atoms with Crippen molar-refractivity contribution in [3.05, 3.63) is 42.1 Å². The first-order valence-electron chi connectivity index (χ1n) is 9.77. The third-order valence-corrected chi connectivity index (χ3v) is 5.34. The van der Waals surface area contributed by atoms with Crippen molar-refractivity contribution in [3.63, 3.8) is 0 Å². The van der Waals surface area contributed by atoms with Crippen molar-refractivity contribution in [3.8, 4) is 0 Å². The van der Waals surface area contributed by atoms with Crippen LogP contribution in [0.5, 0.6) is 0 Å². The number of aromatic nitrogens is 1. The Morgan fingerprint density at radius 1 is 1.11 bits per heavy atom. The van der Waals surface area contributed by atoms with Crippen LogP contribution in [0, 0.1) is 5.92 Å². The minimum absolute atomic E-state index is 0.204. The molecule has 27 heavy (non-hydrogen) atoms. The van der Waals surface area contributed by atoms with Crippen LogP contribution in [0.2, 0.25) is 0 Å². The average molecular weight is 369 g/mol. The number of fused-ring (bicyclic) bond motifs is 1. The summed E-state index contributed by atoms with van der Waals surface area (Å²) in [4.78, 5) is 21.3. The highest BCUT2D eigenvalue weighted by Crippen LogP contribution is 2.19. The van der Waals surface area contributed by atoms with E-state index in [0.717, 1.165) is 50.2 Å². The maximum atomic E-state index is 12.8. The van der Waals surface area contributed by atoms with Gasteiger partial charge in [-0.05, 0) is 30.2 Å². The van der Waals surface area contributed by atoms with E-state index < -0.39 is 0 Å². The predicted octanol–water partition coefficient (Wildman–Crippen LogP) is 1.58. The largest absolute Gasteiger partial charge is 0.379 e. The van der Waals surface area contributed by atoms with Crippen LogP contribution in [0.15, 0.2) is 36.5 Å². The topological polar surface area (TPSA) is 54.9 Å². The summed E-state index contributed by atoms with van der Waals surface area (Å²) in [6, 6.07) is 10.5. The smallest absolute Gasteiger partial charge is 0.236 e. The number of hydrogen-bond donors (Lipinski definition) is 0. The summed E-state index contributed by atoms with van der Waals surface area (Å²) in [5.41, 5.74) is 2.28. The SMILES string of the molecule is O=C(CN1CCOCC1)N1CCOC[C@H](Cc2ccc3ncccc3c2)C1. The van der Waals surface area contributed by atoms with Gasteiger partial charge in [0.15, 0.2) is 0 Å². The molecule has 3 heterocycles. The lowest BCUT2D eigenvalue weighted by atomic mass is 9.98. The van der Waals surface area contributed by atoms with Crippen LogP contribution in [0.1, 0.15) is 5.56 Å². The molecule has 2 aliphatic rings. The van der Waals surface area contributed by atoms with Crippen LogP contribution >= 0.6 is 0 Å². The molecule has 0 radical (unpaired) electrons. The minimum atomic E-state index is 0.204. The molecule has 0 aliphatic carbocycles. The van der Waals surface area contributed by atoms with E-state index in [-0.39, 0.29) is 5.91 Å². The fraction of sp³-hybridized carbons (Fsp3) is 0.524. The molecule has 1 atom stereocenters. The Labute approximate surface area is 160 Å². The summed E-state index contributed by atoms with van der Waals surface area (Å²) >= 11 is 0. The van der Waals surface area contributed by atoms with Gasteiger partial charge in [-0.1, -0.05) is 12.1 Å². The van der Waals surface area contributed by atoms with Crippen molar-refractivity contribution in [2.75, 3.05) is 59.2 Å². The fourth-order valence-electron chi connectivity index (χ4n) is 3.87. The lowest BCUT2D eigenvalue weighted by molar-refractivity contribution is -0.133. The van der Waals surface area contributed by atoms with Crippen LogP contribution in [-0.2, 0) is 20.7 Å². The van der Waals surface area contributed by atoms with E-state index in [2.05, 4.69) is 34.1 Å². The van der Waals surface area contributed by atoms with E-state index in [1.807, 2.05) is 17.2 Å². The quantitative estimate of drug-likeness (QED) is 0.819. The van der Waals surface area contributed by atoms with E-state index in [1.165, 1.54) is 5.56 Å². The number of rotatable bonds is 4. The molecule has 1 aromatic carbocycles. The number of carbonyl (C=O) groups is 1. The monoisotopic (exact) mass is 369 g/mol. The van der Waals surface area contributed by atoms with Crippen molar-refractivity contribution in [2.24, 2.45) is 5.92 Å². The van der Waals surface area contributed by atoms with Gasteiger partial charge in [-0.2, -0.15) is 0 Å². The first kappa shape index (κ1) is 18.3. The number of amides is 1. The van der Waals surface area contributed by atoms with Gasteiger partial charge in [0.2, 0.25) is 5.91 Å². The predicted molar refractivity (Wildman–Crippen MR) is 104 cm³/mol. The highest BCUT2D eigenvalue weighted by Gasteiger charge is 2.24. The van der Waals surface area contributed by atoms with Crippen LogP contribution in [0.4, 0.5) is 0 Å². The van der Waals surface area contributed by atoms with Gasteiger partial charge in [0.1, 0.15) is 0 Å². The van der Waals surface area contributed by atoms with Gasteiger partial charge in [0.05, 0.1) is 38.5 Å². The molecule has 6 nitrogen and oxygen atoms in total. The van der Waals surface area contributed by atoms with Crippen molar-refractivity contribution in [2.45, 2.75) is 6.42 Å². The standard InChI is InChI=1S/C21H27N3O3/c25-21(15-23-6-9-26-10-7-23)24-8-11-27-16-18(14-24)12-17-3-4-20-19(13-17)2-1-5-22-20/h1-5,13,18H,6-12,14-16H2/t18-/m1/s1. The molecule has 4 rings (SSSR count). The lowest BCUT2D eigenvalue weighted by Crippen LogP contribution is -2.46. The van der Waals surface area contributed by atoms with E-state index in [9.17, 15) is 4.79 Å². The van der Waals surface area contributed by atoms with Gasteiger partial charge < -0.3 is 14.4 Å². The molecule has 0 unspecified atom stereocenters. The fourth-order valence-corrected chi connectivity index (χ4v) is 3.87. The molecular formula is C21H27N3O3. The second-order valence-electron chi connectivity index (χ2n) is 7.40. The molecule has 2 fully saturated rings. The number of morpholine rings is 1. The first-order valence-corrected chi connectivity index (χ1v) is 9.77. The molecule has 144 valence electrons. The number of benzene rings is 1.